The molecule has 0 saturated carbocycles. The molecule has 0 aliphatic carbocycles. The Labute approximate surface area is 127 Å². The summed E-state index contributed by atoms with van der Waals surface area (Å²) in [6.45, 7) is 0. The normalized spacial score (nSPS) is 10.1. The lowest BCUT2D eigenvalue weighted by atomic mass is 10.1. The van der Waals surface area contributed by atoms with Gasteiger partial charge in [0.1, 0.15) is 17.3 Å². The van der Waals surface area contributed by atoms with Crippen molar-refractivity contribution in [3.05, 3.63) is 59.4 Å². The summed E-state index contributed by atoms with van der Waals surface area (Å²) < 4.78 is 23.0. The first-order chi connectivity index (χ1) is 10.6. The van der Waals surface area contributed by atoms with E-state index >= 15 is 0 Å². The van der Waals surface area contributed by atoms with Crippen LogP contribution >= 0.6 is 0 Å². The van der Waals surface area contributed by atoms with E-state index in [9.17, 15) is 9.18 Å². The molecule has 0 heterocycles. The Hall–Kier alpha value is -2.76. The molecule has 0 radical (unpaired) electrons. The number of carbonyl (C=O) groups excluding carboxylic acids is 1. The Bertz CT molecular complexity index is 672. The fourth-order valence-electron chi connectivity index (χ4n) is 1.93. The van der Waals surface area contributed by atoms with Gasteiger partial charge in [0, 0.05) is 11.6 Å². The highest BCUT2D eigenvalue weighted by molar-refractivity contribution is 5.72. The average molecular weight is 302 g/mol. The fourth-order valence-corrected chi connectivity index (χ4v) is 1.93. The first-order valence-electron chi connectivity index (χ1n) is 6.65. The van der Waals surface area contributed by atoms with E-state index < -0.39 is 11.8 Å². The zero-order valence-corrected chi connectivity index (χ0v) is 12.0. The molecule has 0 amide bonds. The number of halogens is 1. The molecule has 114 valence electrons. The van der Waals surface area contributed by atoms with Gasteiger partial charge < -0.3 is 15.0 Å². The van der Waals surface area contributed by atoms with Crippen molar-refractivity contribution in [2.45, 2.75) is 12.8 Å². The third kappa shape index (κ3) is 4.12. The predicted molar refractivity (Wildman–Crippen MR) is 77.3 cm³/mol. The number of rotatable bonds is 6. The molecule has 2 aromatic rings. The van der Waals surface area contributed by atoms with Gasteiger partial charge in [0.15, 0.2) is 5.69 Å². The lowest BCUT2D eigenvalue weighted by Gasteiger charge is -2.07. The summed E-state index contributed by atoms with van der Waals surface area (Å²) in [7, 11) is 1.54. The summed E-state index contributed by atoms with van der Waals surface area (Å²) in [6, 6.07) is 10.3. The maximum absolute atomic E-state index is 12.8. The van der Waals surface area contributed by atoms with E-state index in [0.29, 0.717) is 17.9 Å². The van der Waals surface area contributed by atoms with Gasteiger partial charge in [-0.2, -0.15) is 0 Å². The molecule has 0 saturated heterocycles. The lowest BCUT2D eigenvalue weighted by Crippen LogP contribution is -2.55. The minimum absolute atomic E-state index is 0.110. The van der Waals surface area contributed by atoms with Crippen molar-refractivity contribution in [3.63, 3.8) is 0 Å². The number of hydrogen-bond donors (Lipinski definition) is 1. The SMILES string of the molecule is COc1ccc([NH+]=[N-])c(CCC(=O)Oc2ccc(F)cc2)c1. The Balaban J connectivity index is 1.98. The van der Waals surface area contributed by atoms with E-state index in [-0.39, 0.29) is 12.2 Å². The molecule has 0 aromatic heterocycles. The maximum Gasteiger partial charge on any atom is 0.311 e. The van der Waals surface area contributed by atoms with Gasteiger partial charge in [-0.15, -0.1) is 0 Å². The third-order valence-electron chi connectivity index (χ3n) is 3.08. The van der Waals surface area contributed by atoms with Crippen molar-refractivity contribution >= 4 is 11.7 Å². The van der Waals surface area contributed by atoms with Crippen molar-refractivity contribution in [1.29, 1.82) is 0 Å². The minimum atomic E-state index is -0.446. The van der Waals surface area contributed by atoms with E-state index in [1.54, 1.807) is 18.2 Å². The van der Waals surface area contributed by atoms with Crippen LogP contribution < -0.4 is 14.6 Å². The van der Waals surface area contributed by atoms with Crippen LogP contribution in [0, 0.1) is 5.82 Å². The second kappa shape index (κ2) is 7.31. The number of esters is 1. The highest BCUT2D eigenvalue weighted by atomic mass is 19.1. The second-order valence-electron chi connectivity index (χ2n) is 4.56. The van der Waals surface area contributed by atoms with Gasteiger partial charge >= 0.3 is 5.97 Å². The fraction of sp³-hybridized carbons (Fsp3) is 0.188. The highest BCUT2D eigenvalue weighted by Crippen LogP contribution is 2.20. The summed E-state index contributed by atoms with van der Waals surface area (Å²) in [5.41, 5.74) is 10.3. The number of nitrogens with one attached hydrogen (secondary N) is 1. The van der Waals surface area contributed by atoms with Crippen LogP contribution in [0.2, 0.25) is 0 Å². The topological polar surface area (TPSA) is 71.8 Å². The van der Waals surface area contributed by atoms with Gasteiger partial charge in [-0.05, 0) is 42.8 Å². The molecule has 1 N–H and O–H groups in total. The monoisotopic (exact) mass is 302 g/mol. The van der Waals surface area contributed by atoms with Crippen molar-refractivity contribution < 1.29 is 23.8 Å². The zero-order valence-electron chi connectivity index (χ0n) is 12.0. The van der Waals surface area contributed by atoms with Crippen molar-refractivity contribution in [1.82, 2.24) is 0 Å². The summed E-state index contributed by atoms with van der Waals surface area (Å²) >= 11 is 0. The van der Waals surface area contributed by atoms with Crippen LogP contribution in [0.25, 0.3) is 5.53 Å². The minimum Gasteiger partial charge on any atom is -0.502 e. The van der Waals surface area contributed by atoms with Gasteiger partial charge in [0.25, 0.3) is 0 Å². The van der Waals surface area contributed by atoms with Crippen molar-refractivity contribution in [2.24, 2.45) is 0 Å². The van der Waals surface area contributed by atoms with E-state index in [1.165, 1.54) is 31.4 Å². The van der Waals surface area contributed by atoms with Gasteiger partial charge in [0.05, 0.1) is 13.5 Å². The quantitative estimate of drug-likeness (QED) is 0.504. The molecule has 0 fully saturated rings. The van der Waals surface area contributed by atoms with E-state index in [2.05, 4.69) is 5.11 Å². The first kappa shape index (κ1) is 15.6. The Kier molecular flexibility index (Phi) is 5.19. The highest BCUT2D eigenvalue weighted by Gasteiger charge is 2.11. The molecule has 5 nitrogen and oxygen atoms in total. The van der Waals surface area contributed by atoms with Crippen molar-refractivity contribution in [3.8, 4) is 11.5 Å². The number of hydrogen-bond acceptors (Lipinski definition) is 3. The van der Waals surface area contributed by atoms with Crippen LogP contribution in [-0.4, -0.2) is 13.1 Å². The predicted octanol–water partition coefficient (Wildman–Crippen LogP) is 2.11. The number of carbonyl (C=O) groups is 1. The van der Waals surface area contributed by atoms with Gasteiger partial charge in [-0.3, -0.25) is 9.91 Å². The molecule has 6 heteroatoms. The Morgan fingerprint density at radius 3 is 2.50 bits per heavy atom. The van der Waals surface area contributed by atoms with Gasteiger partial charge in [-0.1, -0.05) is 0 Å². The summed E-state index contributed by atoms with van der Waals surface area (Å²) in [6.07, 6.45) is 0.472. The molecule has 2 aromatic carbocycles. The number of methoxy groups -OCH3 is 1. The molecule has 0 atom stereocenters. The van der Waals surface area contributed by atoms with Gasteiger partial charge in [0.2, 0.25) is 0 Å². The molecular formula is C16H15FN2O3. The van der Waals surface area contributed by atoms with Crippen LogP contribution in [0.3, 0.4) is 0 Å². The van der Waals surface area contributed by atoms with E-state index in [1.807, 2.05) is 0 Å². The van der Waals surface area contributed by atoms with Crippen LogP contribution in [-0.2, 0) is 11.2 Å². The Morgan fingerprint density at radius 1 is 1.18 bits per heavy atom. The molecule has 22 heavy (non-hydrogen) atoms. The van der Waals surface area contributed by atoms with E-state index in [0.717, 1.165) is 5.56 Å². The molecule has 2 rings (SSSR count). The number of aryl methyl sites for hydroxylation is 1. The molecule has 0 unspecified atom stereocenters. The Morgan fingerprint density at radius 2 is 1.86 bits per heavy atom. The average Bonchev–Trinajstić information content (AvgIpc) is 2.54. The van der Waals surface area contributed by atoms with Crippen LogP contribution in [0.1, 0.15) is 12.0 Å². The van der Waals surface area contributed by atoms with Crippen LogP contribution in [0.4, 0.5) is 10.1 Å². The smallest absolute Gasteiger partial charge is 0.311 e. The standard InChI is InChI=1S/C16H15FN2O3/c1-21-14-7-8-15(19-18)11(10-14)2-9-16(20)22-13-5-3-12(17)4-6-13/h3-8,10,19H,2,9H2,1H3. The molecule has 0 aliphatic rings. The molecule has 0 aliphatic heterocycles. The third-order valence-corrected chi connectivity index (χ3v) is 3.08. The zero-order chi connectivity index (χ0) is 15.9. The maximum atomic E-state index is 12.8. The number of nitrogens with zero attached hydrogens (tertiary/aromatic N) is 1. The first-order valence-corrected chi connectivity index (χ1v) is 6.65. The second-order valence-corrected chi connectivity index (χ2v) is 4.56. The summed E-state index contributed by atoms with van der Waals surface area (Å²) in [5, 5.41) is 2.08. The van der Waals surface area contributed by atoms with E-state index in [4.69, 9.17) is 15.0 Å². The molecule has 0 bridgehead atoms. The van der Waals surface area contributed by atoms with Crippen LogP contribution in [0.15, 0.2) is 42.5 Å². The molecule has 0 spiro atoms. The number of ether oxygens (including phenoxy) is 2. The largest absolute Gasteiger partial charge is 0.502 e. The van der Waals surface area contributed by atoms with Crippen molar-refractivity contribution in [2.75, 3.05) is 7.11 Å². The van der Waals surface area contributed by atoms with Crippen LogP contribution in [0.5, 0.6) is 11.5 Å². The lowest BCUT2D eigenvalue weighted by molar-refractivity contribution is -0.380. The molecular weight excluding hydrogens is 287 g/mol. The summed E-state index contributed by atoms with van der Waals surface area (Å²) in [4.78, 5) is 11.8. The number of benzene rings is 2. The van der Waals surface area contributed by atoms with Gasteiger partial charge in [-0.25, -0.2) is 4.39 Å². The summed E-state index contributed by atoms with van der Waals surface area (Å²) in [5.74, 6) is 0.0756.